The Labute approximate surface area is 98.0 Å². The van der Waals surface area contributed by atoms with Crippen molar-refractivity contribution in [3.8, 4) is 0 Å². The summed E-state index contributed by atoms with van der Waals surface area (Å²) in [7, 11) is 0. The number of aliphatic carboxylic acids is 2. The molecule has 0 heterocycles. The summed E-state index contributed by atoms with van der Waals surface area (Å²) < 4.78 is 0. The Morgan fingerprint density at radius 1 is 1.00 bits per heavy atom. The predicted octanol–water partition coefficient (Wildman–Crippen LogP) is -2.39. The van der Waals surface area contributed by atoms with E-state index < -0.39 is 11.9 Å². The zero-order valence-electron chi connectivity index (χ0n) is 3.87. The van der Waals surface area contributed by atoms with Gasteiger partial charge in [0.05, 0.1) is 0 Å². The summed E-state index contributed by atoms with van der Waals surface area (Å²) in [5.41, 5.74) is 0. The average molecular weight is 188 g/mol. The van der Waals surface area contributed by atoms with Crippen LogP contribution in [0.5, 0.6) is 0 Å². The quantitative estimate of drug-likeness (QED) is 0.374. The minimum absolute atomic E-state index is 0. The fraction of sp³-hybridized carbons (Fsp3) is 0. The van der Waals surface area contributed by atoms with Crippen LogP contribution in [0.4, 0.5) is 0 Å². The van der Waals surface area contributed by atoms with Crippen molar-refractivity contribution in [2.75, 3.05) is 0 Å². The SMILES string of the molecule is O=C(O)/C=C\C(=O)O.[AlH3].[CaH2]. The van der Waals surface area contributed by atoms with Gasteiger partial charge in [0.15, 0.2) is 17.4 Å². The molecule has 0 spiro atoms. The summed E-state index contributed by atoms with van der Waals surface area (Å²) in [6.07, 6.45) is 1.12. The molecular formula is C4H9AlCaO4. The van der Waals surface area contributed by atoms with Gasteiger partial charge in [0.25, 0.3) is 0 Å². The van der Waals surface area contributed by atoms with Crippen LogP contribution in [0.15, 0.2) is 12.2 Å². The molecule has 0 rings (SSSR count). The first-order valence-electron chi connectivity index (χ1n) is 1.77. The van der Waals surface area contributed by atoms with Gasteiger partial charge in [-0.1, -0.05) is 0 Å². The zero-order chi connectivity index (χ0) is 6.57. The van der Waals surface area contributed by atoms with Crippen molar-refractivity contribution < 1.29 is 19.8 Å². The number of hydrogen-bond acceptors (Lipinski definition) is 2. The van der Waals surface area contributed by atoms with Gasteiger partial charge >= 0.3 is 49.7 Å². The Kier molecular flexibility index (Phi) is 15.9. The van der Waals surface area contributed by atoms with E-state index in [0.29, 0.717) is 12.2 Å². The van der Waals surface area contributed by atoms with Gasteiger partial charge in [0, 0.05) is 12.2 Å². The first-order valence-corrected chi connectivity index (χ1v) is 1.77. The third-order valence-electron chi connectivity index (χ3n) is 0.368. The van der Waals surface area contributed by atoms with E-state index in [2.05, 4.69) is 0 Å². The van der Waals surface area contributed by atoms with Crippen molar-refractivity contribution in [1.29, 1.82) is 0 Å². The summed E-state index contributed by atoms with van der Waals surface area (Å²) in [6, 6.07) is 0. The molecule has 0 radical (unpaired) electrons. The van der Waals surface area contributed by atoms with Gasteiger partial charge in [-0.3, -0.25) is 0 Å². The maximum absolute atomic E-state index is 9.55. The second-order valence-corrected chi connectivity index (χ2v) is 1.01. The predicted molar refractivity (Wildman–Crippen MR) is 42.9 cm³/mol. The molecule has 0 aliphatic carbocycles. The Bertz CT molecular complexity index is 128. The van der Waals surface area contributed by atoms with Gasteiger partial charge in [-0.05, 0) is 0 Å². The first-order chi connectivity index (χ1) is 3.63. The molecule has 0 aliphatic rings. The van der Waals surface area contributed by atoms with Crippen molar-refractivity contribution >= 4 is 67.0 Å². The van der Waals surface area contributed by atoms with Crippen LogP contribution in [-0.4, -0.2) is 77.3 Å². The maximum atomic E-state index is 9.55. The van der Waals surface area contributed by atoms with E-state index in [1.54, 1.807) is 0 Å². The van der Waals surface area contributed by atoms with Gasteiger partial charge in [-0.2, -0.15) is 0 Å². The number of carboxylic acid groups (broad SMARTS) is 2. The van der Waals surface area contributed by atoms with Crippen LogP contribution in [0.3, 0.4) is 0 Å². The van der Waals surface area contributed by atoms with Crippen molar-refractivity contribution in [3.63, 3.8) is 0 Å². The molecule has 2 N–H and O–H groups in total. The molecule has 0 saturated carbocycles. The standard InChI is InChI=1S/C4H4O4.Al.Ca.5H/c5-3(6)1-2-4(7)8;;;;;;;/h1-2H,(H,5,6)(H,7,8);;;;;;;/b2-1-;;;;;;;. The minimum atomic E-state index is -1.26. The Hall–Kier alpha value is 0.472. The van der Waals surface area contributed by atoms with Crippen molar-refractivity contribution in [1.82, 2.24) is 0 Å². The molecule has 0 bridgehead atoms. The molecule has 6 heteroatoms. The number of carbonyl (C=O) groups is 2. The van der Waals surface area contributed by atoms with Crippen LogP contribution in [0, 0.1) is 0 Å². The second kappa shape index (κ2) is 9.47. The third kappa shape index (κ3) is 15.8. The fourth-order valence-electron chi connectivity index (χ4n) is 0.143. The van der Waals surface area contributed by atoms with Crippen molar-refractivity contribution in [2.24, 2.45) is 0 Å². The molecule has 0 aromatic rings. The molecular weight excluding hydrogens is 179 g/mol. The second-order valence-electron chi connectivity index (χ2n) is 1.01. The summed E-state index contributed by atoms with van der Waals surface area (Å²) in [5.74, 6) is -2.51. The summed E-state index contributed by atoms with van der Waals surface area (Å²) in [5, 5.41) is 15.6. The van der Waals surface area contributed by atoms with Crippen LogP contribution >= 0.6 is 0 Å². The molecule has 0 atom stereocenters. The summed E-state index contributed by atoms with van der Waals surface area (Å²) in [6.45, 7) is 0. The topological polar surface area (TPSA) is 74.6 Å². The van der Waals surface area contributed by atoms with E-state index in [4.69, 9.17) is 10.2 Å². The van der Waals surface area contributed by atoms with Gasteiger partial charge in [-0.15, -0.1) is 0 Å². The van der Waals surface area contributed by atoms with Crippen molar-refractivity contribution in [2.45, 2.75) is 0 Å². The molecule has 54 valence electrons. The summed E-state index contributed by atoms with van der Waals surface area (Å²) in [4.78, 5) is 19.1. The Balaban J connectivity index is -0.000000245. The van der Waals surface area contributed by atoms with Crippen LogP contribution < -0.4 is 0 Å². The van der Waals surface area contributed by atoms with E-state index in [1.807, 2.05) is 0 Å². The van der Waals surface area contributed by atoms with Crippen LogP contribution in [0.1, 0.15) is 0 Å². The number of carboxylic acids is 2. The van der Waals surface area contributed by atoms with Gasteiger partial charge in [0.2, 0.25) is 0 Å². The normalized spacial score (nSPS) is 7.60. The average Bonchev–Trinajstić information content (AvgIpc) is 1.61. The van der Waals surface area contributed by atoms with Gasteiger partial charge in [-0.25, -0.2) is 9.59 Å². The third-order valence-corrected chi connectivity index (χ3v) is 0.368. The van der Waals surface area contributed by atoms with Crippen LogP contribution in [0.25, 0.3) is 0 Å². The Morgan fingerprint density at radius 3 is 1.30 bits per heavy atom. The number of hydrogen-bond donors (Lipinski definition) is 2. The molecule has 0 aromatic carbocycles. The fourth-order valence-corrected chi connectivity index (χ4v) is 0.143. The van der Waals surface area contributed by atoms with Crippen LogP contribution in [-0.2, 0) is 9.59 Å². The molecule has 4 nitrogen and oxygen atoms in total. The first kappa shape index (κ1) is 16.8. The van der Waals surface area contributed by atoms with E-state index in [0.717, 1.165) is 0 Å². The van der Waals surface area contributed by atoms with Crippen LogP contribution in [0.2, 0.25) is 0 Å². The van der Waals surface area contributed by atoms with E-state index in [-0.39, 0.29) is 55.1 Å². The number of rotatable bonds is 2. The molecule has 0 unspecified atom stereocenters. The molecule has 0 amide bonds. The van der Waals surface area contributed by atoms with E-state index in [9.17, 15) is 9.59 Å². The van der Waals surface area contributed by atoms with Gasteiger partial charge < -0.3 is 10.2 Å². The molecule has 0 aromatic heterocycles. The monoisotopic (exact) mass is 188 g/mol. The molecule has 0 fully saturated rings. The molecule has 10 heavy (non-hydrogen) atoms. The molecule has 0 aliphatic heterocycles. The Morgan fingerprint density at radius 2 is 1.20 bits per heavy atom. The van der Waals surface area contributed by atoms with Gasteiger partial charge in [0.1, 0.15) is 0 Å². The van der Waals surface area contributed by atoms with Crippen molar-refractivity contribution in [3.05, 3.63) is 12.2 Å². The zero-order valence-corrected chi connectivity index (χ0v) is 3.87. The molecule has 0 saturated heterocycles. The van der Waals surface area contributed by atoms with E-state index >= 15 is 0 Å². The summed E-state index contributed by atoms with van der Waals surface area (Å²) >= 11 is 0. The van der Waals surface area contributed by atoms with E-state index in [1.165, 1.54) is 0 Å².